The Kier molecular flexibility index (Phi) is 1.78. The summed E-state index contributed by atoms with van der Waals surface area (Å²) in [7, 11) is 0. The van der Waals surface area contributed by atoms with Crippen molar-refractivity contribution in [1.29, 1.82) is 0 Å². The summed E-state index contributed by atoms with van der Waals surface area (Å²) in [5.74, 6) is 0. The Labute approximate surface area is 56.5 Å². The van der Waals surface area contributed by atoms with Gasteiger partial charge in [0.1, 0.15) is 5.56 Å². The summed E-state index contributed by atoms with van der Waals surface area (Å²) in [4.78, 5) is 0. The average molecular weight is 119 g/mol. The van der Waals surface area contributed by atoms with E-state index >= 15 is 0 Å². The van der Waals surface area contributed by atoms with Crippen LogP contribution in [0, 0.1) is 13.3 Å². The van der Waals surface area contributed by atoms with Crippen molar-refractivity contribution in [3.8, 4) is 0 Å². The number of hydrogen-bond acceptors (Lipinski definition) is 0. The molecule has 0 radical (unpaired) electrons. The minimum absolute atomic E-state index is 1.30. The molecule has 0 saturated carbocycles. The first kappa shape index (κ1) is 6.21. The van der Waals surface area contributed by atoms with E-state index < -0.39 is 0 Å². The number of hydrogen-bond donors (Lipinski definition) is 0. The van der Waals surface area contributed by atoms with E-state index in [1.165, 1.54) is 11.1 Å². The second kappa shape index (κ2) is 2.58. The largest absolute Gasteiger partial charge is 0.129 e. The lowest BCUT2D eigenvalue weighted by Crippen LogP contribution is -1.76. The van der Waals surface area contributed by atoms with Gasteiger partial charge in [0.25, 0.3) is 0 Å². The van der Waals surface area contributed by atoms with Gasteiger partial charge < -0.3 is 0 Å². The molecule has 1 aromatic carbocycles. The van der Waals surface area contributed by atoms with Gasteiger partial charge in [-0.2, -0.15) is 0 Å². The smallest absolute Gasteiger partial charge is 0.0327 e. The summed E-state index contributed by atoms with van der Waals surface area (Å²) in [6, 6.07) is 8.45. The van der Waals surface area contributed by atoms with Crippen molar-refractivity contribution in [1.82, 2.24) is 0 Å². The highest BCUT2D eigenvalue weighted by molar-refractivity contribution is 5.26. The van der Waals surface area contributed by atoms with Crippen molar-refractivity contribution in [2.24, 2.45) is 0 Å². The summed E-state index contributed by atoms with van der Waals surface area (Å²) >= 11 is 0. The van der Waals surface area contributed by atoms with E-state index in [0.29, 0.717) is 0 Å². The van der Waals surface area contributed by atoms with Crippen molar-refractivity contribution in [3.63, 3.8) is 0 Å². The quantitative estimate of drug-likeness (QED) is 0.498. The Morgan fingerprint density at radius 2 is 2.11 bits per heavy atom. The first-order valence-electron chi connectivity index (χ1n) is 3.19. The molecule has 9 heavy (non-hydrogen) atoms. The molecule has 0 spiro atoms. The van der Waals surface area contributed by atoms with Gasteiger partial charge in [0.05, 0.1) is 0 Å². The van der Waals surface area contributed by atoms with Crippen molar-refractivity contribution in [3.05, 3.63) is 41.8 Å². The van der Waals surface area contributed by atoms with Gasteiger partial charge in [-0.3, -0.25) is 0 Å². The van der Waals surface area contributed by atoms with Crippen molar-refractivity contribution >= 4 is 0 Å². The van der Waals surface area contributed by atoms with Crippen molar-refractivity contribution < 1.29 is 0 Å². The van der Waals surface area contributed by atoms with Crippen LogP contribution in [0.25, 0.3) is 0 Å². The van der Waals surface area contributed by atoms with E-state index in [-0.39, 0.29) is 0 Å². The Morgan fingerprint density at radius 1 is 1.33 bits per heavy atom. The van der Waals surface area contributed by atoms with E-state index in [4.69, 9.17) is 0 Å². The third-order valence-electron chi connectivity index (χ3n) is 1.38. The van der Waals surface area contributed by atoms with Gasteiger partial charge in [-0.05, 0) is 19.1 Å². The molecule has 0 nitrogen and oxygen atoms in total. The maximum absolute atomic E-state index is 2.17. The average Bonchev–Trinajstić information content (AvgIpc) is 1.88. The van der Waals surface area contributed by atoms with Crippen LogP contribution in [0.3, 0.4) is 0 Å². The standard InChI is InChI=1S/C9H11/c1-3-9-6-4-5-8(2)7-9/h3-7H,1-2H3/q+1. The first-order chi connectivity index (χ1) is 4.33. The van der Waals surface area contributed by atoms with Crippen LogP contribution in [-0.4, -0.2) is 0 Å². The van der Waals surface area contributed by atoms with Gasteiger partial charge in [0.15, 0.2) is 0 Å². The molecule has 1 aromatic rings. The molecule has 0 amide bonds. The zero-order chi connectivity index (χ0) is 6.69. The predicted molar refractivity (Wildman–Crippen MR) is 40.3 cm³/mol. The van der Waals surface area contributed by atoms with E-state index in [9.17, 15) is 0 Å². The molecule has 0 saturated heterocycles. The van der Waals surface area contributed by atoms with Crippen LogP contribution in [0.15, 0.2) is 24.3 Å². The topological polar surface area (TPSA) is 0 Å². The van der Waals surface area contributed by atoms with Crippen LogP contribution in [-0.2, 0) is 0 Å². The highest BCUT2D eigenvalue weighted by Crippen LogP contribution is 2.04. The van der Waals surface area contributed by atoms with Crippen LogP contribution in [0.2, 0.25) is 0 Å². The predicted octanol–water partition coefficient (Wildman–Crippen LogP) is 2.57. The highest BCUT2D eigenvalue weighted by atomic mass is 13.9. The molecule has 0 aliphatic carbocycles. The fourth-order valence-electron chi connectivity index (χ4n) is 0.850. The van der Waals surface area contributed by atoms with Gasteiger partial charge in [-0.15, -0.1) is 0 Å². The third kappa shape index (κ3) is 1.49. The fourth-order valence-corrected chi connectivity index (χ4v) is 0.850. The molecular formula is C9H11+. The number of rotatable bonds is 1. The molecule has 0 N–H and O–H groups in total. The van der Waals surface area contributed by atoms with E-state index in [0.717, 1.165) is 0 Å². The molecule has 1 rings (SSSR count). The zero-order valence-corrected chi connectivity index (χ0v) is 5.89. The van der Waals surface area contributed by atoms with Crippen LogP contribution in [0.4, 0.5) is 0 Å². The third-order valence-corrected chi connectivity index (χ3v) is 1.38. The fraction of sp³-hybridized carbons (Fsp3) is 0.222. The Morgan fingerprint density at radius 3 is 2.56 bits per heavy atom. The molecule has 0 heterocycles. The number of benzene rings is 1. The van der Waals surface area contributed by atoms with Gasteiger partial charge in [0, 0.05) is 31.0 Å². The van der Waals surface area contributed by atoms with Gasteiger partial charge in [-0.1, -0.05) is 0 Å². The summed E-state index contributed by atoms with van der Waals surface area (Å²) in [5.41, 5.74) is 2.63. The second-order valence-corrected chi connectivity index (χ2v) is 2.20. The van der Waals surface area contributed by atoms with Gasteiger partial charge >= 0.3 is 0 Å². The molecule has 0 heteroatoms. The molecule has 0 fully saturated rings. The first-order valence-corrected chi connectivity index (χ1v) is 3.19. The molecule has 0 aliphatic rings. The van der Waals surface area contributed by atoms with Crippen LogP contribution < -0.4 is 0 Å². The molecule has 0 aliphatic heterocycles. The Hall–Kier alpha value is -0.910. The van der Waals surface area contributed by atoms with Crippen LogP contribution in [0.1, 0.15) is 18.1 Å². The van der Waals surface area contributed by atoms with Crippen molar-refractivity contribution in [2.75, 3.05) is 0 Å². The van der Waals surface area contributed by atoms with E-state index in [1.807, 2.05) is 0 Å². The SMILES string of the molecule is C[CH+]c1cccc(C)c1. The number of aryl methyl sites for hydroxylation is 1. The van der Waals surface area contributed by atoms with Gasteiger partial charge in [0.2, 0.25) is 0 Å². The maximum atomic E-state index is 2.17. The zero-order valence-electron chi connectivity index (χ0n) is 5.89. The molecule has 0 bridgehead atoms. The molecule has 0 aromatic heterocycles. The molecule has 0 unspecified atom stereocenters. The van der Waals surface area contributed by atoms with E-state index in [1.54, 1.807) is 0 Å². The highest BCUT2D eigenvalue weighted by Gasteiger charge is 1.95. The normalized spacial score (nSPS) is 9.11. The summed E-state index contributed by atoms with van der Waals surface area (Å²) in [6.07, 6.45) is 2.10. The molecular weight excluding hydrogens is 108 g/mol. The van der Waals surface area contributed by atoms with Gasteiger partial charge in [-0.25, -0.2) is 0 Å². The lowest BCUT2D eigenvalue weighted by molar-refractivity contribution is 1.37. The molecule has 46 valence electrons. The summed E-state index contributed by atoms with van der Waals surface area (Å²) in [6.45, 7) is 4.15. The van der Waals surface area contributed by atoms with Crippen LogP contribution >= 0.6 is 0 Å². The second-order valence-electron chi connectivity index (χ2n) is 2.20. The van der Waals surface area contributed by atoms with Crippen molar-refractivity contribution in [2.45, 2.75) is 13.8 Å². The monoisotopic (exact) mass is 119 g/mol. The van der Waals surface area contributed by atoms with E-state index in [2.05, 4.69) is 44.5 Å². The summed E-state index contributed by atoms with van der Waals surface area (Å²) in [5, 5.41) is 0. The lowest BCUT2D eigenvalue weighted by atomic mass is 10.1. The minimum Gasteiger partial charge on any atom is -0.0327 e. The Bertz CT molecular complexity index is 189. The summed E-state index contributed by atoms with van der Waals surface area (Å²) < 4.78 is 0. The minimum atomic E-state index is 1.30. The lowest BCUT2D eigenvalue weighted by Gasteiger charge is -1.86. The van der Waals surface area contributed by atoms with Crippen LogP contribution in [0.5, 0.6) is 0 Å². The maximum Gasteiger partial charge on any atom is 0.129 e. The Balaban J connectivity index is 2.94. The molecule has 0 atom stereocenters.